The number of aromatic nitrogens is 1. The van der Waals surface area contributed by atoms with Gasteiger partial charge in [-0.2, -0.15) is 0 Å². The van der Waals surface area contributed by atoms with Crippen molar-refractivity contribution in [3.63, 3.8) is 0 Å². The molecule has 5 nitrogen and oxygen atoms in total. The van der Waals surface area contributed by atoms with Gasteiger partial charge >= 0.3 is 0 Å². The number of halogens is 1. The lowest BCUT2D eigenvalue weighted by Gasteiger charge is -2.20. The zero-order chi connectivity index (χ0) is 20.5. The number of fused-ring (bicyclic) bond motifs is 1. The third-order valence-electron chi connectivity index (χ3n) is 5.69. The van der Waals surface area contributed by atoms with Crippen LogP contribution < -0.4 is 14.5 Å². The van der Waals surface area contributed by atoms with Crippen LogP contribution in [-0.4, -0.2) is 36.6 Å². The van der Waals surface area contributed by atoms with Gasteiger partial charge in [0.2, 0.25) is 0 Å². The molecule has 6 heteroatoms. The van der Waals surface area contributed by atoms with E-state index in [0.717, 1.165) is 43.2 Å². The Morgan fingerprint density at radius 1 is 1.07 bits per heavy atom. The summed E-state index contributed by atoms with van der Waals surface area (Å²) in [6.45, 7) is 2.34. The maximum Gasteiger partial charge on any atom is 0.259 e. The van der Waals surface area contributed by atoms with Crippen LogP contribution in [0.15, 0.2) is 66.9 Å². The average molecular weight is 420 g/mol. The predicted molar refractivity (Wildman–Crippen MR) is 119 cm³/mol. The van der Waals surface area contributed by atoms with E-state index < -0.39 is 0 Å². The van der Waals surface area contributed by atoms with Gasteiger partial charge in [0.15, 0.2) is 0 Å². The molecule has 1 amide bonds. The molecule has 2 aliphatic rings. The molecule has 5 rings (SSSR count). The largest absolute Gasteiger partial charge is 0.488 e. The van der Waals surface area contributed by atoms with Crippen molar-refractivity contribution in [2.24, 2.45) is 0 Å². The molecule has 2 aliphatic heterocycles. The second-order valence-corrected chi connectivity index (χ2v) is 8.11. The highest BCUT2D eigenvalue weighted by molar-refractivity contribution is 6.30. The third-order valence-corrected chi connectivity index (χ3v) is 5.93. The van der Waals surface area contributed by atoms with Gasteiger partial charge in [0.25, 0.3) is 5.91 Å². The summed E-state index contributed by atoms with van der Waals surface area (Å²) in [5.74, 6) is 1.65. The van der Waals surface area contributed by atoms with Crippen LogP contribution in [0.3, 0.4) is 0 Å². The van der Waals surface area contributed by atoms with E-state index in [1.54, 1.807) is 6.20 Å². The number of para-hydroxylation sites is 1. The van der Waals surface area contributed by atoms with Gasteiger partial charge in [-0.1, -0.05) is 35.9 Å². The molecule has 0 N–H and O–H groups in total. The quantitative estimate of drug-likeness (QED) is 0.620. The van der Waals surface area contributed by atoms with Gasteiger partial charge < -0.3 is 14.5 Å². The van der Waals surface area contributed by atoms with E-state index in [4.69, 9.17) is 16.3 Å². The third kappa shape index (κ3) is 3.73. The zero-order valence-electron chi connectivity index (χ0n) is 16.5. The lowest BCUT2D eigenvalue weighted by Crippen LogP contribution is -2.29. The summed E-state index contributed by atoms with van der Waals surface area (Å²) in [5.41, 5.74) is 2.84. The van der Waals surface area contributed by atoms with Crippen molar-refractivity contribution < 1.29 is 9.53 Å². The van der Waals surface area contributed by atoms with Crippen molar-refractivity contribution in [2.45, 2.75) is 18.9 Å². The first kappa shape index (κ1) is 18.9. The first-order valence-corrected chi connectivity index (χ1v) is 10.6. The molecule has 0 spiro atoms. The van der Waals surface area contributed by atoms with Crippen LogP contribution in [0.1, 0.15) is 22.3 Å². The minimum absolute atomic E-state index is 0.00240. The smallest absolute Gasteiger partial charge is 0.259 e. The van der Waals surface area contributed by atoms with Gasteiger partial charge in [-0.3, -0.25) is 4.79 Å². The molecular weight excluding hydrogens is 398 g/mol. The van der Waals surface area contributed by atoms with Crippen molar-refractivity contribution in [1.82, 2.24) is 4.98 Å². The van der Waals surface area contributed by atoms with Crippen molar-refractivity contribution in [1.29, 1.82) is 0 Å². The summed E-state index contributed by atoms with van der Waals surface area (Å²) >= 11 is 6.04. The SMILES string of the molecule is O=C(c1ccc(N2CCC(Oc3cccc(Cl)c3)C2)nc1)N1CCc2ccccc21. The number of benzene rings is 2. The Kier molecular flexibility index (Phi) is 5.05. The fourth-order valence-corrected chi connectivity index (χ4v) is 4.35. The molecule has 1 aromatic heterocycles. The maximum absolute atomic E-state index is 13.0. The Balaban J connectivity index is 1.24. The van der Waals surface area contributed by atoms with E-state index in [1.807, 2.05) is 59.5 Å². The fraction of sp³-hybridized carbons (Fsp3) is 0.250. The Morgan fingerprint density at radius 2 is 1.97 bits per heavy atom. The number of hydrogen-bond donors (Lipinski definition) is 0. The van der Waals surface area contributed by atoms with Gasteiger partial charge in [-0.15, -0.1) is 0 Å². The zero-order valence-corrected chi connectivity index (χ0v) is 17.3. The van der Waals surface area contributed by atoms with Gasteiger partial charge in [0, 0.05) is 36.4 Å². The second kappa shape index (κ2) is 8.00. The van der Waals surface area contributed by atoms with Gasteiger partial charge in [-0.25, -0.2) is 4.98 Å². The average Bonchev–Trinajstić information content (AvgIpc) is 3.41. The number of carbonyl (C=O) groups is 1. The minimum Gasteiger partial charge on any atom is -0.488 e. The van der Waals surface area contributed by atoms with Crippen LogP contribution in [0.25, 0.3) is 0 Å². The molecule has 0 radical (unpaired) electrons. The molecule has 0 bridgehead atoms. The fourth-order valence-electron chi connectivity index (χ4n) is 4.17. The van der Waals surface area contributed by atoms with Crippen LogP contribution in [0.5, 0.6) is 5.75 Å². The molecule has 2 aromatic carbocycles. The molecule has 0 saturated carbocycles. The molecule has 1 atom stereocenters. The van der Waals surface area contributed by atoms with Crippen molar-refractivity contribution in [2.75, 3.05) is 29.4 Å². The molecular formula is C24H22ClN3O2. The van der Waals surface area contributed by atoms with Crippen LogP contribution >= 0.6 is 11.6 Å². The monoisotopic (exact) mass is 419 g/mol. The number of nitrogens with zero attached hydrogens (tertiary/aromatic N) is 3. The van der Waals surface area contributed by atoms with E-state index >= 15 is 0 Å². The Morgan fingerprint density at radius 3 is 2.80 bits per heavy atom. The van der Waals surface area contributed by atoms with E-state index in [2.05, 4.69) is 16.0 Å². The molecule has 1 unspecified atom stereocenters. The molecule has 0 aliphatic carbocycles. The van der Waals surface area contributed by atoms with Gasteiger partial charge in [-0.05, 0) is 48.4 Å². The lowest BCUT2D eigenvalue weighted by atomic mass is 10.2. The highest BCUT2D eigenvalue weighted by Gasteiger charge is 2.27. The van der Waals surface area contributed by atoms with E-state index in [1.165, 1.54) is 5.56 Å². The first-order valence-electron chi connectivity index (χ1n) is 10.2. The maximum atomic E-state index is 13.0. The predicted octanol–water partition coefficient (Wildman–Crippen LogP) is 4.60. The number of ether oxygens (including phenoxy) is 1. The van der Waals surface area contributed by atoms with Crippen LogP contribution in [0.4, 0.5) is 11.5 Å². The molecule has 1 saturated heterocycles. The van der Waals surface area contributed by atoms with Gasteiger partial charge in [0.05, 0.1) is 12.1 Å². The summed E-state index contributed by atoms with van der Waals surface area (Å²) in [7, 11) is 0. The van der Waals surface area contributed by atoms with Crippen LogP contribution in [-0.2, 0) is 6.42 Å². The molecule has 3 aromatic rings. The van der Waals surface area contributed by atoms with Crippen molar-refractivity contribution in [3.05, 3.63) is 83.0 Å². The molecule has 30 heavy (non-hydrogen) atoms. The summed E-state index contributed by atoms with van der Waals surface area (Å²) in [6.07, 6.45) is 3.59. The Bertz CT molecular complexity index is 1070. The topological polar surface area (TPSA) is 45.7 Å². The number of carbonyl (C=O) groups excluding carboxylic acids is 1. The minimum atomic E-state index is 0.00240. The van der Waals surface area contributed by atoms with E-state index in [9.17, 15) is 4.79 Å². The Labute approximate surface area is 180 Å². The van der Waals surface area contributed by atoms with Crippen molar-refractivity contribution >= 4 is 29.0 Å². The van der Waals surface area contributed by atoms with E-state index in [-0.39, 0.29) is 12.0 Å². The van der Waals surface area contributed by atoms with Crippen LogP contribution in [0.2, 0.25) is 5.02 Å². The van der Waals surface area contributed by atoms with E-state index in [0.29, 0.717) is 17.1 Å². The summed E-state index contributed by atoms with van der Waals surface area (Å²) < 4.78 is 6.06. The number of anilines is 2. The number of rotatable bonds is 4. The molecule has 1 fully saturated rings. The second-order valence-electron chi connectivity index (χ2n) is 7.67. The number of amides is 1. The first-order chi connectivity index (χ1) is 14.7. The molecule has 3 heterocycles. The highest BCUT2D eigenvalue weighted by atomic mass is 35.5. The summed E-state index contributed by atoms with van der Waals surface area (Å²) in [5, 5.41) is 0.671. The normalized spacial score (nSPS) is 17.8. The highest BCUT2D eigenvalue weighted by Crippen LogP contribution is 2.29. The van der Waals surface area contributed by atoms with Crippen LogP contribution in [0, 0.1) is 0 Å². The summed E-state index contributed by atoms with van der Waals surface area (Å²) in [6, 6.07) is 19.4. The lowest BCUT2D eigenvalue weighted by molar-refractivity contribution is 0.0989. The molecule has 152 valence electrons. The van der Waals surface area contributed by atoms with Crippen molar-refractivity contribution in [3.8, 4) is 5.75 Å². The Hall–Kier alpha value is -3.05. The number of hydrogen-bond acceptors (Lipinski definition) is 4. The summed E-state index contributed by atoms with van der Waals surface area (Å²) in [4.78, 5) is 21.6. The standard InChI is InChI=1S/C24H22ClN3O2/c25-19-5-3-6-20(14-19)30-21-11-12-27(16-21)23-9-8-18(15-26-23)24(29)28-13-10-17-4-1-2-7-22(17)28/h1-9,14-15,21H,10-13,16H2. The van der Waals surface area contributed by atoms with Gasteiger partial charge in [0.1, 0.15) is 17.7 Å². The number of pyridine rings is 1.